The molecule has 0 saturated heterocycles. The number of ether oxygens (including phenoxy) is 10. The summed E-state index contributed by atoms with van der Waals surface area (Å²) in [4.78, 5) is 83.1. The summed E-state index contributed by atoms with van der Waals surface area (Å²) >= 11 is 0. The zero-order chi connectivity index (χ0) is 69.7. The third-order valence-corrected chi connectivity index (χ3v) is 29.3. The summed E-state index contributed by atoms with van der Waals surface area (Å²) in [6, 6.07) is 1.79. The van der Waals surface area contributed by atoms with Gasteiger partial charge in [0.1, 0.15) is 24.4 Å². The van der Waals surface area contributed by atoms with Crippen molar-refractivity contribution in [3.8, 4) is 0 Å². The molecule has 6 saturated carbocycles. The van der Waals surface area contributed by atoms with Gasteiger partial charge < -0.3 is 51.5 Å². The molecule has 0 radical (unpaired) electrons. The molecule has 0 bridgehead atoms. The van der Waals surface area contributed by atoms with Gasteiger partial charge in [-0.05, 0) is 218 Å². The summed E-state index contributed by atoms with van der Waals surface area (Å²) < 4.78 is 68.6. The molecule has 0 heterocycles. The molecule has 0 aromatic carbocycles. The average Bonchev–Trinajstić information content (AvgIpc) is 1.16. The molecular formula is C78H136O17Si2. The Kier molecular flexibility index (Phi) is 39.6. The van der Waals surface area contributed by atoms with Gasteiger partial charge in [-0.15, -0.1) is 6.58 Å². The van der Waals surface area contributed by atoms with Crippen molar-refractivity contribution < 1.29 is 80.3 Å². The molecule has 6 fully saturated rings. The Morgan fingerprint density at radius 2 is 0.619 bits per heavy atom. The van der Waals surface area contributed by atoms with Gasteiger partial charge in [-0.2, -0.15) is 0 Å². The van der Waals surface area contributed by atoms with E-state index in [-0.39, 0.29) is 98.0 Å². The predicted octanol–water partition coefficient (Wildman–Crippen LogP) is 17.7. The van der Waals surface area contributed by atoms with Crippen LogP contribution < -0.4 is 0 Å². The molecule has 0 aromatic heterocycles. The normalized spacial score (nSPS) is 28.0. The summed E-state index contributed by atoms with van der Waals surface area (Å²) in [5.74, 6) is -4.07. The number of esters is 6. The summed E-state index contributed by atoms with van der Waals surface area (Å²) in [6.45, 7) is 22.9. The molecule has 0 aromatic rings. The highest BCUT2D eigenvalue weighted by atomic mass is 28.4. The summed E-state index contributed by atoms with van der Waals surface area (Å²) in [5.41, 5.74) is 0. The van der Waals surface area contributed by atoms with E-state index in [9.17, 15) is 28.8 Å². The fraction of sp³-hybridized carbons (Fsp3) is 0.897. The minimum absolute atomic E-state index is 0.159. The Labute approximate surface area is 588 Å². The lowest BCUT2D eigenvalue weighted by Crippen LogP contribution is -2.44. The van der Waals surface area contributed by atoms with Gasteiger partial charge in [0, 0.05) is 39.3 Å². The van der Waals surface area contributed by atoms with E-state index in [2.05, 4.69) is 53.5 Å². The van der Waals surface area contributed by atoms with Crippen LogP contribution in [0.3, 0.4) is 0 Å². The molecule has 558 valence electrons. The van der Waals surface area contributed by atoms with Crippen molar-refractivity contribution in [1.29, 1.82) is 0 Å². The summed E-state index contributed by atoms with van der Waals surface area (Å²) in [6.07, 6.45) is 35.0. The second kappa shape index (κ2) is 46.4. The Morgan fingerprint density at radius 1 is 0.330 bits per heavy atom. The third kappa shape index (κ3) is 31.9. The Hall–Kier alpha value is -3.21. The fourth-order valence-corrected chi connectivity index (χ4v) is 24.8. The van der Waals surface area contributed by atoms with Gasteiger partial charge in [-0.1, -0.05) is 97.5 Å². The maximum Gasteiger partial charge on any atom is 0.312 e. The Bertz CT molecular complexity index is 2230. The first-order valence-electron chi connectivity index (χ1n) is 39.8. The molecule has 6 aliphatic rings. The van der Waals surface area contributed by atoms with E-state index < -0.39 is 64.8 Å². The van der Waals surface area contributed by atoms with E-state index in [0.717, 1.165) is 154 Å². The first kappa shape index (κ1) is 82.7. The molecule has 17 nitrogen and oxygen atoms in total. The molecule has 97 heavy (non-hydrogen) atoms. The van der Waals surface area contributed by atoms with Crippen LogP contribution in [0.4, 0.5) is 0 Å². The van der Waals surface area contributed by atoms with Crippen molar-refractivity contribution in [3.05, 3.63) is 12.7 Å². The first-order valence-corrected chi connectivity index (χ1v) is 46.0. The highest BCUT2D eigenvalue weighted by Crippen LogP contribution is 2.39. The van der Waals surface area contributed by atoms with Crippen LogP contribution in [0, 0.1) is 35.5 Å². The molecule has 6 rings (SSSR count). The van der Waals surface area contributed by atoms with Crippen molar-refractivity contribution in [1.82, 2.24) is 0 Å². The number of hydrogen-bond donors (Lipinski definition) is 0. The van der Waals surface area contributed by atoms with Crippen molar-refractivity contribution in [2.45, 2.75) is 371 Å². The van der Waals surface area contributed by atoms with E-state index in [1.54, 1.807) is 0 Å². The molecular weight excluding hydrogens is 1270 g/mol. The second-order valence-corrected chi connectivity index (χ2v) is 40.0. The number of hydrogen-bond acceptors (Lipinski definition) is 17. The van der Waals surface area contributed by atoms with Gasteiger partial charge in [-0.25, -0.2) is 0 Å². The van der Waals surface area contributed by atoms with E-state index >= 15 is 0 Å². The smallest absolute Gasteiger partial charge is 0.312 e. The maximum atomic E-state index is 14.1. The first-order chi connectivity index (χ1) is 46.9. The highest BCUT2D eigenvalue weighted by Gasteiger charge is 2.45. The van der Waals surface area contributed by atoms with Crippen LogP contribution in [0.25, 0.3) is 0 Å². The van der Waals surface area contributed by atoms with Crippen LogP contribution in [0.5, 0.6) is 0 Å². The Balaban J connectivity index is 0.935. The van der Waals surface area contributed by atoms with Crippen LogP contribution in [-0.4, -0.2) is 141 Å². The lowest BCUT2D eigenvalue weighted by molar-refractivity contribution is -0.178. The molecule has 6 atom stereocenters. The van der Waals surface area contributed by atoms with Crippen LogP contribution in [-0.2, 0) is 80.3 Å². The second-order valence-electron chi connectivity index (χ2n) is 31.1. The van der Waals surface area contributed by atoms with Gasteiger partial charge in [0.25, 0.3) is 0 Å². The van der Waals surface area contributed by atoms with Gasteiger partial charge >= 0.3 is 35.8 Å². The topological polar surface area (TPSA) is 204 Å². The number of unbranched alkanes of at least 4 members (excludes halogenated alkanes) is 13. The average molecular weight is 1400 g/mol. The maximum absolute atomic E-state index is 14.1. The highest BCUT2D eigenvalue weighted by molar-refractivity contribution is 6.84. The van der Waals surface area contributed by atoms with Crippen molar-refractivity contribution in [2.24, 2.45) is 35.5 Å². The van der Waals surface area contributed by atoms with Crippen molar-refractivity contribution in [2.75, 3.05) is 39.6 Å². The summed E-state index contributed by atoms with van der Waals surface area (Å²) in [5, 5.41) is 0. The van der Waals surface area contributed by atoms with E-state index in [1.165, 1.54) is 57.8 Å². The molecule has 6 aliphatic carbocycles. The molecule has 0 amide bonds. The van der Waals surface area contributed by atoms with Crippen molar-refractivity contribution in [3.63, 3.8) is 0 Å². The van der Waals surface area contributed by atoms with Crippen LogP contribution in [0.1, 0.15) is 284 Å². The quantitative estimate of drug-likeness (QED) is 0.0183. The van der Waals surface area contributed by atoms with E-state index in [1.807, 2.05) is 6.08 Å². The summed E-state index contributed by atoms with van der Waals surface area (Å²) in [7, 11) is -4.28. The third-order valence-electron chi connectivity index (χ3n) is 21.8. The predicted molar refractivity (Wildman–Crippen MR) is 384 cm³/mol. The molecule has 0 spiro atoms. The lowest BCUT2D eigenvalue weighted by atomic mass is 9.83. The van der Waals surface area contributed by atoms with Gasteiger partial charge in [-0.3, -0.25) is 28.8 Å². The zero-order valence-corrected chi connectivity index (χ0v) is 64.0. The largest absolute Gasteiger partial charge is 0.465 e. The number of allylic oxidation sites excluding steroid dienone is 1. The lowest BCUT2D eigenvalue weighted by Gasteiger charge is -2.36. The standard InChI is InChI=1S/C78H136O17Si2/c1-9-13-17-21-49-85-63-37-29-59(30-38-63)73(79)91-67-45-47-71(93-75(81)61-33-41-65(42-34-61)87-51-23-19-15-11-3)69(57-67)77(83)89-53-25-27-55-96(5,6)95-97(7,8)56-28-26-54-90-78(84)70-58-68(92-74(80)60-31-39-64(40-32-60)86-50-22-18-14-10-2)46-48-72(70)94-76(82)62-35-43-66(44-36-62)88-52-24-20-16-12-4/h9,59-72H,1,10-58H2,2-8H3. The number of rotatable bonds is 46. The van der Waals surface area contributed by atoms with E-state index in [0.29, 0.717) is 77.0 Å². The van der Waals surface area contributed by atoms with Crippen molar-refractivity contribution >= 4 is 52.5 Å². The molecule has 6 unspecified atom stereocenters. The number of carbonyl (C=O) groups is 6. The van der Waals surface area contributed by atoms with Crippen LogP contribution in [0.2, 0.25) is 38.3 Å². The SMILES string of the molecule is C=CCCCCOC1CCC(C(=O)OC2CCC(OC(=O)C3CCC(OCCCCCC)CC3)C(C(=O)OCCCC[Si](C)(C)O[Si](C)(C)CCCCOC(=O)C3CC(OC(=O)C4CCC(OCCCCCC)CC4)CCC3OC(=O)C3CCC(OCCCCCC)CC3)C2)CC1. The number of carbonyl (C=O) groups excluding carboxylic acids is 6. The minimum atomic E-state index is -2.14. The van der Waals surface area contributed by atoms with Gasteiger partial charge in [0.2, 0.25) is 0 Å². The molecule has 19 heteroatoms. The molecule has 0 aliphatic heterocycles. The monoisotopic (exact) mass is 1400 g/mol. The van der Waals surface area contributed by atoms with E-state index in [4.69, 9.17) is 51.5 Å². The minimum Gasteiger partial charge on any atom is -0.465 e. The fourth-order valence-electron chi connectivity index (χ4n) is 15.8. The van der Waals surface area contributed by atoms with Gasteiger partial charge in [0.05, 0.1) is 73.1 Å². The van der Waals surface area contributed by atoms with Gasteiger partial charge in [0.15, 0.2) is 16.6 Å². The van der Waals surface area contributed by atoms with Crippen LogP contribution >= 0.6 is 0 Å². The Morgan fingerprint density at radius 3 is 0.928 bits per heavy atom. The molecule has 0 N–H and O–H groups in total. The van der Waals surface area contributed by atoms with Crippen LogP contribution in [0.15, 0.2) is 12.7 Å². The zero-order valence-electron chi connectivity index (χ0n) is 62.0.